The Balaban J connectivity index is 0.828. The van der Waals surface area contributed by atoms with Gasteiger partial charge >= 0.3 is 23.9 Å². The maximum absolute atomic E-state index is 13.6. The van der Waals surface area contributed by atoms with Crippen molar-refractivity contribution < 1.29 is 52.3 Å². The molecule has 328 valence electrons. The standard InChI is InChI=1S/C45H70O11S2/c1-31(2)45-36(56-45)30-54-44(5)42(3)24-22-33-34(28-52-40(33)49)35(42)29-53-43(44,4)41(45)55-39(48)21-20-38(47)51-26-17-13-11-9-7-6-8-10-12-16-25-50-37(46)19-15-14-18-32-23-27-57-58-32/h31-32,35-36,41H,6-30H2,1-5H3/t32?,35-,36-,41-,42-,43+,44+,45-/m0/s1. The van der Waals surface area contributed by atoms with Gasteiger partial charge in [0.2, 0.25) is 0 Å². The molecule has 4 saturated heterocycles. The van der Waals surface area contributed by atoms with Crippen molar-refractivity contribution >= 4 is 45.5 Å². The first-order valence-electron chi connectivity index (χ1n) is 22.5. The lowest BCUT2D eigenvalue weighted by atomic mass is 9.51. The van der Waals surface area contributed by atoms with E-state index in [0.29, 0.717) is 39.3 Å². The van der Waals surface area contributed by atoms with Gasteiger partial charge in [0.15, 0.2) is 6.10 Å². The van der Waals surface area contributed by atoms with Crippen molar-refractivity contribution in [2.45, 2.75) is 191 Å². The summed E-state index contributed by atoms with van der Waals surface area (Å²) in [5, 5.41) is 0.780. The van der Waals surface area contributed by atoms with E-state index in [0.717, 1.165) is 67.8 Å². The molecule has 4 fully saturated rings. The summed E-state index contributed by atoms with van der Waals surface area (Å²) in [6, 6.07) is 0. The molecule has 11 nitrogen and oxygen atoms in total. The Hall–Kier alpha value is -1.80. The van der Waals surface area contributed by atoms with Crippen molar-refractivity contribution in [1.82, 2.24) is 0 Å². The van der Waals surface area contributed by atoms with Gasteiger partial charge in [0.05, 0.1) is 39.3 Å². The highest BCUT2D eigenvalue weighted by Gasteiger charge is 2.79. The number of fused-ring (bicyclic) bond motifs is 5. The Morgan fingerprint density at radius 3 is 2.07 bits per heavy atom. The van der Waals surface area contributed by atoms with Gasteiger partial charge in [-0.1, -0.05) is 100 Å². The van der Waals surface area contributed by atoms with Crippen LogP contribution in [0, 0.1) is 17.3 Å². The third-order valence-corrected chi connectivity index (χ3v) is 17.5. The second kappa shape index (κ2) is 20.4. The smallest absolute Gasteiger partial charge is 0.334 e. The van der Waals surface area contributed by atoms with Crippen LogP contribution in [0.4, 0.5) is 0 Å². The first kappa shape index (κ1) is 45.7. The molecule has 58 heavy (non-hydrogen) atoms. The predicted octanol–water partition coefficient (Wildman–Crippen LogP) is 9.02. The molecule has 5 aliphatic heterocycles. The van der Waals surface area contributed by atoms with Gasteiger partial charge in [-0.15, -0.1) is 0 Å². The third kappa shape index (κ3) is 9.94. The molecule has 0 amide bonds. The van der Waals surface area contributed by atoms with E-state index in [-0.39, 0.29) is 49.3 Å². The minimum Gasteiger partial charge on any atom is -0.466 e. The molecule has 0 N–H and O–H groups in total. The highest BCUT2D eigenvalue weighted by molar-refractivity contribution is 8.77. The van der Waals surface area contributed by atoms with Crippen LogP contribution in [0.5, 0.6) is 0 Å². The molecular formula is C45H70O11S2. The minimum atomic E-state index is -1.06. The molecule has 0 aromatic rings. The Labute approximate surface area is 354 Å². The summed E-state index contributed by atoms with van der Waals surface area (Å²) in [5.74, 6) is 0.0544. The molecule has 0 aromatic heterocycles. The van der Waals surface area contributed by atoms with E-state index in [1.807, 2.05) is 28.5 Å². The molecule has 0 spiro atoms. The topological polar surface area (TPSA) is 136 Å². The Bertz CT molecular complexity index is 1480. The zero-order valence-electron chi connectivity index (χ0n) is 35.9. The van der Waals surface area contributed by atoms with Crippen LogP contribution in [-0.2, 0) is 52.3 Å². The van der Waals surface area contributed by atoms with Crippen LogP contribution < -0.4 is 0 Å². The van der Waals surface area contributed by atoms with Crippen LogP contribution in [0.15, 0.2) is 11.1 Å². The lowest BCUT2D eigenvalue weighted by molar-refractivity contribution is -0.325. The SMILES string of the molecule is CC(C)[C@]12O[C@H]1CO[C@]1(C)[C@@]3(C)CCC4=C(COC4=O)[C@@H]3CO[C@]1(C)[C@@H]2OC(=O)CCC(=O)OCCCCCCCCCCCCOC(=O)CCCCC1CCSS1. The molecule has 6 aliphatic rings. The van der Waals surface area contributed by atoms with E-state index in [1.165, 1.54) is 50.7 Å². The number of epoxide rings is 1. The molecule has 1 aliphatic carbocycles. The summed E-state index contributed by atoms with van der Waals surface area (Å²) in [6.45, 7) is 12.3. The molecule has 5 heterocycles. The van der Waals surface area contributed by atoms with Crippen LogP contribution in [0.2, 0.25) is 0 Å². The number of ether oxygens (including phenoxy) is 7. The average molecular weight is 851 g/mol. The molecule has 0 radical (unpaired) electrons. The third-order valence-electron chi connectivity index (χ3n) is 14.5. The molecule has 0 bridgehead atoms. The quantitative estimate of drug-likeness (QED) is 0.0318. The minimum absolute atomic E-state index is 0.0112. The summed E-state index contributed by atoms with van der Waals surface area (Å²) in [5.41, 5.74) is -1.35. The van der Waals surface area contributed by atoms with Crippen molar-refractivity contribution in [3.8, 4) is 0 Å². The van der Waals surface area contributed by atoms with Crippen LogP contribution >= 0.6 is 21.6 Å². The Morgan fingerprint density at radius 2 is 1.43 bits per heavy atom. The fourth-order valence-electron chi connectivity index (χ4n) is 10.4. The van der Waals surface area contributed by atoms with E-state index in [2.05, 4.69) is 27.7 Å². The average Bonchev–Trinajstić information content (AvgIpc) is 3.48. The van der Waals surface area contributed by atoms with Gasteiger partial charge in [0.1, 0.15) is 29.5 Å². The monoisotopic (exact) mass is 850 g/mol. The van der Waals surface area contributed by atoms with Gasteiger partial charge in [-0.3, -0.25) is 14.4 Å². The molecular weight excluding hydrogens is 781 g/mol. The van der Waals surface area contributed by atoms with Gasteiger partial charge in [0.25, 0.3) is 0 Å². The van der Waals surface area contributed by atoms with Crippen LogP contribution in [-0.4, -0.2) is 96.9 Å². The maximum Gasteiger partial charge on any atom is 0.334 e. The number of carbonyl (C=O) groups excluding carboxylic acids is 4. The van der Waals surface area contributed by atoms with Gasteiger partial charge in [0, 0.05) is 34.3 Å². The number of hydrogen-bond acceptors (Lipinski definition) is 13. The van der Waals surface area contributed by atoms with E-state index >= 15 is 0 Å². The molecule has 0 aromatic carbocycles. The van der Waals surface area contributed by atoms with Crippen molar-refractivity contribution in [1.29, 1.82) is 0 Å². The van der Waals surface area contributed by atoms with E-state index in [4.69, 9.17) is 33.2 Å². The zero-order chi connectivity index (χ0) is 41.4. The van der Waals surface area contributed by atoms with E-state index < -0.39 is 40.3 Å². The molecule has 1 unspecified atom stereocenters. The molecule has 8 atom stereocenters. The number of cyclic esters (lactones) is 1. The van der Waals surface area contributed by atoms with Crippen molar-refractivity contribution in [3.63, 3.8) is 0 Å². The second-order valence-electron chi connectivity index (χ2n) is 18.3. The molecule has 13 heteroatoms. The van der Waals surface area contributed by atoms with Crippen LogP contribution in [0.25, 0.3) is 0 Å². The fourth-order valence-corrected chi connectivity index (χ4v) is 13.5. The summed E-state index contributed by atoms with van der Waals surface area (Å²) in [4.78, 5) is 50.6. The van der Waals surface area contributed by atoms with E-state index in [1.54, 1.807) is 0 Å². The van der Waals surface area contributed by atoms with E-state index in [9.17, 15) is 19.2 Å². The first-order valence-corrected chi connectivity index (χ1v) is 24.9. The number of carbonyl (C=O) groups is 4. The molecule has 6 rings (SSSR count). The molecule has 0 saturated carbocycles. The summed E-state index contributed by atoms with van der Waals surface area (Å²) < 4.78 is 42.7. The highest BCUT2D eigenvalue weighted by atomic mass is 33.1. The van der Waals surface area contributed by atoms with Crippen molar-refractivity contribution in [2.24, 2.45) is 17.3 Å². The Kier molecular flexibility index (Phi) is 16.1. The first-order chi connectivity index (χ1) is 27.9. The summed E-state index contributed by atoms with van der Waals surface area (Å²) in [6.07, 6.45) is 16.2. The lowest BCUT2D eigenvalue weighted by Gasteiger charge is -2.64. The van der Waals surface area contributed by atoms with Crippen molar-refractivity contribution in [3.05, 3.63) is 11.1 Å². The highest BCUT2D eigenvalue weighted by Crippen LogP contribution is 2.66. The number of rotatable bonds is 23. The maximum atomic E-state index is 13.6. The lowest BCUT2D eigenvalue weighted by Crippen LogP contribution is -2.75. The Morgan fingerprint density at radius 1 is 0.793 bits per heavy atom. The summed E-state index contributed by atoms with van der Waals surface area (Å²) >= 11 is 0. The van der Waals surface area contributed by atoms with Gasteiger partial charge < -0.3 is 33.2 Å². The van der Waals surface area contributed by atoms with Gasteiger partial charge in [-0.25, -0.2) is 4.79 Å². The largest absolute Gasteiger partial charge is 0.466 e. The van der Waals surface area contributed by atoms with Crippen LogP contribution in [0.1, 0.15) is 157 Å². The number of unbranched alkanes of at least 4 members (excludes halogenated alkanes) is 10. The zero-order valence-corrected chi connectivity index (χ0v) is 37.5. The summed E-state index contributed by atoms with van der Waals surface area (Å²) in [7, 11) is 3.98. The van der Waals surface area contributed by atoms with Gasteiger partial charge in [-0.05, 0) is 70.3 Å². The van der Waals surface area contributed by atoms with Gasteiger partial charge in [-0.2, -0.15) is 0 Å². The second-order valence-corrected chi connectivity index (χ2v) is 21.1. The predicted molar refractivity (Wildman–Crippen MR) is 224 cm³/mol. The fraction of sp³-hybridized carbons (Fsp3) is 0.867. The normalized spacial score (nSPS) is 33.7. The number of hydrogen-bond donors (Lipinski definition) is 0. The van der Waals surface area contributed by atoms with Crippen molar-refractivity contribution in [2.75, 3.05) is 38.8 Å². The van der Waals surface area contributed by atoms with Crippen LogP contribution in [0.3, 0.4) is 0 Å². The number of esters is 4.